The van der Waals surface area contributed by atoms with Crippen molar-refractivity contribution in [1.82, 2.24) is 19.5 Å². The molecule has 0 spiro atoms. The number of anilines is 1. The van der Waals surface area contributed by atoms with Gasteiger partial charge in [0.15, 0.2) is 5.65 Å². The van der Waals surface area contributed by atoms with Crippen molar-refractivity contribution >= 4 is 92.2 Å². The largest absolute Gasteiger partial charge is 0.497 e. The second kappa shape index (κ2) is 28.3. The van der Waals surface area contributed by atoms with Crippen LogP contribution < -0.4 is 36.6 Å². The number of ether oxygens (including phenoxy) is 4. The van der Waals surface area contributed by atoms with Crippen LogP contribution in [0.1, 0.15) is 37.4 Å². The van der Waals surface area contributed by atoms with Crippen molar-refractivity contribution in [1.29, 1.82) is 0 Å². The van der Waals surface area contributed by atoms with E-state index in [9.17, 15) is 24.0 Å². The minimum Gasteiger partial charge on any atom is -0.497 e. The van der Waals surface area contributed by atoms with Crippen molar-refractivity contribution in [2.75, 3.05) is 26.6 Å². The number of hydrogen-bond donors (Lipinski definition) is 4. The lowest BCUT2D eigenvalue weighted by Gasteiger charge is -2.08. The fourth-order valence-electron chi connectivity index (χ4n) is 5.15. The Balaban J connectivity index is 0.000000238. The van der Waals surface area contributed by atoms with E-state index in [1.807, 2.05) is 60.7 Å². The first-order valence-electron chi connectivity index (χ1n) is 19.2. The number of nitrogens with two attached hydrogens (primary N) is 1. The van der Waals surface area contributed by atoms with Gasteiger partial charge in [-0.3, -0.25) is 4.57 Å². The number of hydrogen-bond acceptors (Lipinski definition) is 15. The molecule has 3 aromatic carbocycles. The minimum atomic E-state index is -2.04. The van der Waals surface area contributed by atoms with Gasteiger partial charge in [-0.1, -0.05) is 48.0 Å². The Bertz CT molecular complexity index is 2810. The monoisotopic (exact) mass is 1030 g/mol. The van der Waals surface area contributed by atoms with Crippen LogP contribution in [0.3, 0.4) is 0 Å². The number of carboxylic acid groups (broad SMARTS) is 2. The van der Waals surface area contributed by atoms with Crippen molar-refractivity contribution in [2.45, 2.75) is 23.6 Å². The van der Waals surface area contributed by atoms with Crippen molar-refractivity contribution in [2.24, 2.45) is 5.73 Å². The molecule has 0 fully saturated rings. The molecule has 0 aliphatic heterocycles. The normalized spacial score (nSPS) is 10.1. The highest BCUT2D eigenvalue weighted by atomic mass is 35.6. The van der Waals surface area contributed by atoms with E-state index < -0.39 is 32.7 Å². The van der Waals surface area contributed by atoms with Crippen LogP contribution in [0.2, 0.25) is 5.15 Å². The second-order valence-electron chi connectivity index (χ2n) is 12.9. The average molecular weight is 1040 g/mol. The number of pyridine rings is 3. The first kappa shape index (κ1) is 55.4. The van der Waals surface area contributed by atoms with Crippen LogP contribution in [0, 0.1) is 0 Å². The standard InChI is InChI=1S/C15H12N2O4.C14H14N2O3.C8H11NO.C6H4ClNO2.C2Cl4O2/c1-20-11-6-4-10(5-7-11)9-17-13-12(3-2-8-16-13)14(18)21-15(17)19;1-19-11-6-4-10(5-7-11)9-16-13-12(14(17)18)3-2-8-15-13;1-10-8-4-2-7(6-9)3-5-8;7-5-4(6(9)10)2-1-3-8-5;3-1(7)8-2(4,5)6/h2-8H,9H2,1H3;2-8H,9H2,1H3,(H,15,16)(H,17,18);2-5H,6,9H2,1H3;1-3H,(H,9,10);. The van der Waals surface area contributed by atoms with Gasteiger partial charge in [0, 0.05) is 43.3 Å². The number of rotatable bonds is 11. The summed E-state index contributed by atoms with van der Waals surface area (Å²) in [5.74, 6) is -0.0186. The number of alkyl halides is 3. The van der Waals surface area contributed by atoms with Crippen molar-refractivity contribution < 1.29 is 48.0 Å². The molecule has 0 saturated heterocycles. The number of nitrogens with one attached hydrogen (secondary N) is 1. The first-order valence-corrected chi connectivity index (χ1v) is 21.1. The van der Waals surface area contributed by atoms with Crippen LogP contribution in [-0.2, 0) is 24.4 Å². The first-order chi connectivity index (χ1) is 32.4. The number of carbonyl (C=O) groups excluding carboxylic acids is 1. The van der Waals surface area contributed by atoms with Crippen LogP contribution in [0.4, 0.5) is 10.6 Å². The van der Waals surface area contributed by atoms with E-state index in [1.165, 1.54) is 35.2 Å². The predicted molar refractivity (Wildman–Crippen MR) is 258 cm³/mol. The van der Waals surface area contributed by atoms with E-state index in [2.05, 4.69) is 36.6 Å². The van der Waals surface area contributed by atoms with E-state index in [0.717, 1.165) is 33.9 Å². The van der Waals surface area contributed by atoms with Crippen LogP contribution in [0.25, 0.3) is 11.0 Å². The van der Waals surface area contributed by atoms with Gasteiger partial charge in [0.05, 0.1) is 33.4 Å². The van der Waals surface area contributed by atoms with Crippen LogP contribution in [0.15, 0.2) is 142 Å². The Kier molecular flexibility index (Phi) is 23.1. The van der Waals surface area contributed by atoms with Gasteiger partial charge in [-0.15, -0.1) is 0 Å². The highest BCUT2D eigenvalue weighted by Crippen LogP contribution is 2.28. The Morgan fingerprint density at radius 1 is 0.691 bits per heavy atom. The molecule has 5 N–H and O–H groups in total. The smallest absolute Gasteiger partial charge is 0.423 e. The number of halogens is 5. The maximum Gasteiger partial charge on any atom is 0.423 e. The fraction of sp³-hybridized carbons (Fsp3) is 0.156. The van der Waals surface area contributed by atoms with Crippen molar-refractivity contribution in [3.8, 4) is 17.2 Å². The van der Waals surface area contributed by atoms with E-state index in [0.29, 0.717) is 24.6 Å². The number of nitrogens with zero attached hydrogens (tertiary/aromatic N) is 4. The van der Waals surface area contributed by atoms with Gasteiger partial charge < -0.3 is 44.6 Å². The lowest BCUT2D eigenvalue weighted by molar-refractivity contribution is 0.0686. The minimum absolute atomic E-state index is 0.0231. The maximum absolute atomic E-state index is 11.9. The topological polar surface area (TPSA) is 258 Å². The molecule has 23 heteroatoms. The summed E-state index contributed by atoms with van der Waals surface area (Å²) < 4.78 is 23.0. The van der Waals surface area contributed by atoms with Gasteiger partial charge >= 0.3 is 32.7 Å². The molecule has 0 atom stereocenters. The third kappa shape index (κ3) is 19.1. The van der Waals surface area contributed by atoms with E-state index in [-0.39, 0.29) is 28.2 Å². The number of carboxylic acids is 2. The Hall–Kier alpha value is -6.93. The summed E-state index contributed by atoms with van der Waals surface area (Å²) >= 11 is 24.9. The third-order valence-electron chi connectivity index (χ3n) is 8.40. The molecular formula is C45H41Cl5N6O12. The summed E-state index contributed by atoms with van der Waals surface area (Å²) in [6.07, 6.45) is 4.53. The van der Waals surface area contributed by atoms with Gasteiger partial charge in [0.2, 0.25) is 0 Å². The molecule has 0 aliphatic carbocycles. The molecule has 7 rings (SSSR count). The van der Waals surface area contributed by atoms with Gasteiger partial charge in [0.1, 0.15) is 39.2 Å². The zero-order chi connectivity index (χ0) is 50.2. The zero-order valence-corrected chi connectivity index (χ0v) is 39.8. The summed E-state index contributed by atoms with van der Waals surface area (Å²) in [7, 11) is 4.85. The Morgan fingerprint density at radius 3 is 1.60 bits per heavy atom. The summed E-state index contributed by atoms with van der Waals surface area (Å²) in [4.78, 5) is 66.4. The molecule has 0 amide bonds. The molecule has 7 aromatic rings. The van der Waals surface area contributed by atoms with Gasteiger partial charge in [0.25, 0.3) is 0 Å². The molecule has 4 aromatic heterocycles. The number of carbonyl (C=O) groups is 3. The number of benzene rings is 3. The van der Waals surface area contributed by atoms with E-state index in [1.54, 1.807) is 57.9 Å². The number of aromatic nitrogens is 4. The Labute approximate surface area is 412 Å². The van der Waals surface area contributed by atoms with Gasteiger partial charge in [-0.25, -0.2) is 38.9 Å². The van der Waals surface area contributed by atoms with Gasteiger partial charge in [-0.05, 0) is 124 Å². The number of aromatic carboxylic acids is 2. The molecule has 18 nitrogen and oxygen atoms in total. The predicted octanol–water partition coefficient (Wildman–Crippen LogP) is 9.08. The Morgan fingerprint density at radius 2 is 1.16 bits per heavy atom. The van der Waals surface area contributed by atoms with Crippen LogP contribution in [-0.4, -0.2) is 72.4 Å². The van der Waals surface area contributed by atoms with Crippen molar-refractivity contribution in [3.63, 3.8) is 0 Å². The lowest BCUT2D eigenvalue weighted by atomic mass is 10.2. The highest BCUT2D eigenvalue weighted by Gasteiger charge is 2.23. The molecule has 0 aliphatic rings. The molecule has 0 unspecified atom stereocenters. The van der Waals surface area contributed by atoms with Crippen LogP contribution in [0.5, 0.6) is 17.2 Å². The molecular weight excluding hydrogens is 994 g/mol. The van der Waals surface area contributed by atoms with Crippen molar-refractivity contribution in [3.05, 3.63) is 182 Å². The SMILES string of the molecule is COc1ccc(CN)cc1.COc1ccc(CNc2ncccc2C(=O)O)cc1.COc1ccc(Cn2c(=O)oc(=O)c3cccnc32)cc1.O=C(Cl)OC(Cl)(Cl)Cl.O=C(O)c1cccnc1Cl. The van der Waals surface area contributed by atoms with E-state index in [4.69, 9.17) is 81.0 Å². The third-order valence-corrected chi connectivity index (χ3v) is 9.01. The van der Waals surface area contributed by atoms with E-state index >= 15 is 0 Å². The quantitative estimate of drug-likeness (QED) is 0.0535. The zero-order valence-electron chi connectivity index (χ0n) is 36.0. The van der Waals surface area contributed by atoms with Gasteiger partial charge in [-0.2, -0.15) is 0 Å². The molecule has 0 bridgehead atoms. The summed E-state index contributed by atoms with van der Waals surface area (Å²) in [6.45, 7) is 1.35. The summed E-state index contributed by atoms with van der Waals surface area (Å²) in [6, 6.07) is 31.8. The molecule has 358 valence electrons. The second-order valence-corrected chi connectivity index (χ2v) is 15.7. The molecule has 0 saturated carbocycles. The molecule has 4 heterocycles. The lowest BCUT2D eigenvalue weighted by Crippen LogP contribution is -2.26. The number of methoxy groups -OCH3 is 3. The highest BCUT2D eigenvalue weighted by molar-refractivity contribution is 6.69. The number of fused-ring (bicyclic) bond motifs is 1. The average Bonchev–Trinajstić information content (AvgIpc) is 3.32. The summed E-state index contributed by atoms with van der Waals surface area (Å²) in [5, 5.41) is 20.8. The van der Waals surface area contributed by atoms with Crippen LogP contribution >= 0.6 is 58.0 Å². The fourth-order valence-corrected chi connectivity index (χ4v) is 5.79. The molecule has 0 radical (unpaired) electrons. The molecule has 68 heavy (non-hydrogen) atoms. The summed E-state index contributed by atoms with van der Waals surface area (Å²) in [5.41, 5.74) is 7.11. The maximum atomic E-state index is 11.9.